The number of aromatic amines is 1. The number of thioether (sulfide) groups is 1. The van der Waals surface area contributed by atoms with Crippen molar-refractivity contribution in [2.45, 2.75) is 45.3 Å². The van der Waals surface area contributed by atoms with Gasteiger partial charge in [-0.15, -0.1) is 0 Å². The Morgan fingerprint density at radius 1 is 1.13 bits per heavy atom. The zero-order chi connectivity index (χ0) is 21.4. The van der Waals surface area contributed by atoms with Crippen LogP contribution >= 0.6 is 11.8 Å². The van der Waals surface area contributed by atoms with Crippen molar-refractivity contribution in [3.05, 3.63) is 38.3 Å². The molecular weight excluding hydrogens is 402 g/mol. The van der Waals surface area contributed by atoms with Crippen molar-refractivity contribution in [1.82, 2.24) is 29.1 Å². The van der Waals surface area contributed by atoms with Crippen LogP contribution < -0.4 is 16.1 Å². The van der Waals surface area contributed by atoms with E-state index in [-0.39, 0.29) is 11.5 Å². The lowest BCUT2D eigenvalue weighted by Crippen LogP contribution is -2.30. The summed E-state index contributed by atoms with van der Waals surface area (Å²) in [6.07, 6.45) is 2.21. The predicted molar refractivity (Wildman–Crippen MR) is 118 cm³/mol. The number of anilines is 1. The van der Waals surface area contributed by atoms with Crippen molar-refractivity contribution in [1.29, 1.82) is 0 Å². The van der Waals surface area contributed by atoms with E-state index in [2.05, 4.69) is 26.8 Å². The van der Waals surface area contributed by atoms with Gasteiger partial charge in [0.25, 0.3) is 5.56 Å². The van der Waals surface area contributed by atoms with Gasteiger partial charge in [-0.2, -0.15) is 4.98 Å². The minimum atomic E-state index is -0.444. The van der Waals surface area contributed by atoms with E-state index >= 15 is 0 Å². The largest absolute Gasteiger partial charge is 0.342 e. The number of hydrogen-bond acceptors (Lipinski definition) is 7. The molecule has 0 bridgehead atoms. The zero-order valence-electron chi connectivity index (χ0n) is 17.8. The van der Waals surface area contributed by atoms with Crippen molar-refractivity contribution < 1.29 is 0 Å². The Balaban J connectivity index is 1.65. The van der Waals surface area contributed by atoms with Gasteiger partial charge in [0.1, 0.15) is 0 Å². The molecular formula is C20H27N7O2S. The maximum atomic E-state index is 12.7. The fourth-order valence-corrected chi connectivity index (χ4v) is 4.85. The molecule has 1 atom stereocenters. The van der Waals surface area contributed by atoms with Gasteiger partial charge in [-0.05, 0) is 38.7 Å². The summed E-state index contributed by atoms with van der Waals surface area (Å²) in [5, 5.41) is 0.773. The van der Waals surface area contributed by atoms with Crippen molar-refractivity contribution in [2.75, 3.05) is 23.7 Å². The predicted octanol–water partition coefficient (Wildman–Crippen LogP) is 1.86. The van der Waals surface area contributed by atoms with E-state index in [1.807, 2.05) is 24.5 Å². The molecule has 4 rings (SSSR count). The summed E-state index contributed by atoms with van der Waals surface area (Å²) in [6, 6.07) is 1.96. The molecule has 3 aromatic heterocycles. The molecule has 1 fully saturated rings. The quantitative estimate of drug-likeness (QED) is 0.471. The number of imidazole rings is 1. The van der Waals surface area contributed by atoms with Crippen LogP contribution in [0.15, 0.2) is 20.8 Å². The van der Waals surface area contributed by atoms with Gasteiger partial charge in [-0.1, -0.05) is 18.7 Å². The summed E-state index contributed by atoms with van der Waals surface area (Å²) in [5.41, 5.74) is 1.98. The highest BCUT2D eigenvalue weighted by atomic mass is 32.2. The normalized spacial score (nSPS) is 15.3. The third-order valence-electron chi connectivity index (χ3n) is 5.33. The minimum Gasteiger partial charge on any atom is -0.342 e. The van der Waals surface area contributed by atoms with Crippen LogP contribution in [0.3, 0.4) is 0 Å². The molecule has 0 aromatic carbocycles. The van der Waals surface area contributed by atoms with Crippen LogP contribution in [0.2, 0.25) is 0 Å². The molecule has 0 amide bonds. The average Bonchev–Trinajstić information content (AvgIpc) is 3.32. The number of aromatic nitrogens is 6. The van der Waals surface area contributed by atoms with Crippen LogP contribution in [0.1, 0.15) is 31.2 Å². The van der Waals surface area contributed by atoms with E-state index in [0.717, 1.165) is 54.2 Å². The topological polar surface area (TPSA) is 102 Å². The molecule has 30 heavy (non-hydrogen) atoms. The van der Waals surface area contributed by atoms with Gasteiger partial charge in [0.15, 0.2) is 16.3 Å². The van der Waals surface area contributed by atoms with Gasteiger partial charge in [0.2, 0.25) is 5.95 Å². The first-order valence-corrected chi connectivity index (χ1v) is 11.2. The highest BCUT2D eigenvalue weighted by molar-refractivity contribution is 7.99. The molecule has 0 spiro atoms. The van der Waals surface area contributed by atoms with Crippen molar-refractivity contribution in [3.63, 3.8) is 0 Å². The first kappa shape index (κ1) is 20.6. The number of hydrogen-bond donors (Lipinski definition) is 1. The smallest absolute Gasteiger partial charge is 0.329 e. The molecule has 160 valence electrons. The zero-order valence-corrected chi connectivity index (χ0v) is 18.6. The minimum absolute atomic E-state index is 0.245. The van der Waals surface area contributed by atoms with Gasteiger partial charge in [0.05, 0.1) is 0 Å². The highest BCUT2D eigenvalue weighted by Gasteiger charge is 2.24. The number of nitrogens with one attached hydrogen (secondary N) is 1. The van der Waals surface area contributed by atoms with Gasteiger partial charge >= 0.3 is 5.69 Å². The molecule has 0 radical (unpaired) electrons. The molecule has 0 aliphatic carbocycles. The average molecular weight is 430 g/mol. The monoisotopic (exact) mass is 429 g/mol. The Hall–Kier alpha value is -2.62. The fourth-order valence-electron chi connectivity index (χ4n) is 3.89. The molecule has 1 aliphatic heterocycles. The molecule has 9 nitrogen and oxygen atoms in total. The van der Waals surface area contributed by atoms with Crippen LogP contribution in [0.4, 0.5) is 5.95 Å². The van der Waals surface area contributed by atoms with Gasteiger partial charge in [-0.25, -0.2) is 14.8 Å². The van der Waals surface area contributed by atoms with E-state index in [9.17, 15) is 9.59 Å². The Kier molecular flexibility index (Phi) is 5.68. The Morgan fingerprint density at radius 2 is 1.80 bits per heavy atom. The third kappa shape index (κ3) is 4.00. The van der Waals surface area contributed by atoms with E-state index in [0.29, 0.717) is 17.7 Å². The summed E-state index contributed by atoms with van der Waals surface area (Å²) < 4.78 is 3.39. The van der Waals surface area contributed by atoms with E-state index < -0.39 is 5.69 Å². The van der Waals surface area contributed by atoms with Crippen LogP contribution in [0.5, 0.6) is 0 Å². The van der Waals surface area contributed by atoms with Crippen molar-refractivity contribution in [2.24, 2.45) is 13.0 Å². The van der Waals surface area contributed by atoms with Gasteiger partial charge in [0, 0.05) is 43.8 Å². The van der Waals surface area contributed by atoms with Crippen molar-refractivity contribution >= 4 is 28.9 Å². The highest BCUT2D eigenvalue weighted by Crippen LogP contribution is 2.26. The van der Waals surface area contributed by atoms with Gasteiger partial charge in [-0.3, -0.25) is 14.3 Å². The standard InChI is InChI=1S/C20H27N7O2S/c1-12(11-30-18-21-13(2)9-14(3)22-18)10-27-15-16(25(4)20(29)24-17(15)28)23-19(27)26-7-5-6-8-26/h9,12H,5-8,10-11H2,1-4H3,(H,24,28,29). The lowest BCUT2D eigenvalue weighted by atomic mass is 10.2. The number of nitrogens with zero attached hydrogens (tertiary/aromatic N) is 6. The molecule has 1 saturated heterocycles. The second kappa shape index (κ2) is 8.25. The van der Waals surface area contributed by atoms with Crippen LogP contribution in [0.25, 0.3) is 11.2 Å². The molecule has 1 N–H and O–H groups in total. The van der Waals surface area contributed by atoms with Gasteiger partial charge < -0.3 is 9.47 Å². The SMILES string of the molecule is Cc1cc(C)nc(SCC(C)Cn2c(N3CCCC3)nc3c2c(=O)[nH]c(=O)n3C)n1. The number of fused-ring (bicyclic) bond motifs is 1. The Morgan fingerprint density at radius 3 is 2.47 bits per heavy atom. The number of rotatable bonds is 6. The second-order valence-corrected chi connectivity index (χ2v) is 9.04. The van der Waals surface area contributed by atoms with Crippen LogP contribution in [0, 0.1) is 19.8 Å². The molecule has 4 heterocycles. The fraction of sp³-hybridized carbons (Fsp3) is 0.550. The molecule has 3 aromatic rings. The third-order valence-corrected chi connectivity index (χ3v) is 6.51. The Bertz CT molecular complexity index is 1170. The first-order chi connectivity index (χ1) is 14.3. The maximum absolute atomic E-state index is 12.7. The first-order valence-electron chi connectivity index (χ1n) is 10.2. The van der Waals surface area contributed by atoms with Crippen LogP contribution in [-0.2, 0) is 13.6 Å². The lowest BCUT2D eigenvalue weighted by molar-refractivity contribution is 0.536. The molecule has 1 unspecified atom stereocenters. The lowest BCUT2D eigenvalue weighted by Gasteiger charge is -2.20. The number of H-pyrrole nitrogens is 1. The number of aryl methyl sites for hydroxylation is 3. The molecule has 0 saturated carbocycles. The second-order valence-electron chi connectivity index (χ2n) is 8.06. The summed E-state index contributed by atoms with van der Waals surface area (Å²) in [4.78, 5) is 43.1. The van der Waals surface area contributed by atoms with E-state index in [4.69, 9.17) is 4.98 Å². The molecule has 10 heteroatoms. The summed E-state index contributed by atoms with van der Waals surface area (Å²) >= 11 is 1.62. The van der Waals surface area contributed by atoms with E-state index in [1.165, 1.54) is 4.57 Å². The van der Waals surface area contributed by atoms with Crippen molar-refractivity contribution in [3.8, 4) is 0 Å². The van der Waals surface area contributed by atoms with E-state index in [1.54, 1.807) is 18.8 Å². The maximum Gasteiger partial charge on any atom is 0.329 e. The summed E-state index contributed by atoms with van der Waals surface area (Å²) in [6.45, 7) is 8.54. The van der Waals surface area contributed by atoms with Crippen LogP contribution in [-0.4, -0.2) is 47.9 Å². The summed E-state index contributed by atoms with van der Waals surface area (Å²) in [7, 11) is 1.64. The Labute approximate surface area is 178 Å². The molecule has 1 aliphatic rings. The summed E-state index contributed by atoms with van der Waals surface area (Å²) in [5.74, 6) is 1.83.